The van der Waals surface area contributed by atoms with Crippen LogP contribution in [0.3, 0.4) is 0 Å². The Morgan fingerprint density at radius 3 is 3.10 bits per heavy atom. The van der Waals surface area contributed by atoms with E-state index in [1.54, 1.807) is 6.07 Å². The second-order valence-electron chi connectivity index (χ2n) is 4.92. The zero-order valence-electron chi connectivity index (χ0n) is 11.2. The number of nitrogens with zero attached hydrogens (tertiary/aromatic N) is 3. The minimum absolute atomic E-state index is 0.0173. The van der Waals surface area contributed by atoms with Crippen LogP contribution in [0.1, 0.15) is 33.4 Å². The van der Waals surface area contributed by atoms with Gasteiger partial charge in [-0.3, -0.25) is 4.90 Å². The molecule has 0 unspecified atom stereocenters. The Labute approximate surface area is 116 Å². The fraction of sp³-hybridized carbons (Fsp3) is 0.357. The minimum atomic E-state index is -1.04. The fourth-order valence-corrected chi connectivity index (χ4v) is 2.41. The van der Waals surface area contributed by atoms with Crippen LogP contribution < -0.4 is 0 Å². The van der Waals surface area contributed by atoms with Gasteiger partial charge in [0.1, 0.15) is 11.6 Å². The molecule has 20 heavy (non-hydrogen) atoms. The molecule has 1 aliphatic heterocycles. The summed E-state index contributed by atoms with van der Waals surface area (Å²) in [4.78, 5) is 21.6. The molecule has 0 amide bonds. The summed E-state index contributed by atoms with van der Waals surface area (Å²) in [5, 5.41) is 8.84. The minimum Gasteiger partial charge on any atom is -0.475 e. The summed E-state index contributed by atoms with van der Waals surface area (Å²) in [5.41, 5.74) is 2.24. The van der Waals surface area contributed by atoms with Crippen molar-refractivity contribution in [2.24, 2.45) is 0 Å². The first-order chi connectivity index (χ1) is 9.61. The van der Waals surface area contributed by atoms with Crippen molar-refractivity contribution in [3.63, 3.8) is 0 Å². The first kappa shape index (κ1) is 12.8. The molecule has 0 aromatic carbocycles. The zero-order chi connectivity index (χ0) is 14.1. The van der Waals surface area contributed by atoms with Crippen LogP contribution in [-0.2, 0) is 19.5 Å². The number of aryl methyl sites for hydroxylation is 1. The predicted octanol–water partition coefficient (Wildman–Crippen LogP) is 1.63. The third kappa shape index (κ3) is 2.55. The van der Waals surface area contributed by atoms with Crippen molar-refractivity contribution in [1.82, 2.24) is 14.9 Å². The number of carboxylic acids is 1. The molecule has 0 saturated carbocycles. The number of hydrogen-bond donors (Lipinski definition) is 1. The first-order valence-corrected chi connectivity index (χ1v) is 6.47. The van der Waals surface area contributed by atoms with E-state index in [4.69, 9.17) is 9.52 Å². The molecule has 2 aromatic heterocycles. The van der Waals surface area contributed by atoms with Gasteiger partial charge in [0, 0.05) is 37.0 Å². The second kappa shape index (κ2) is 5.05. The van der Waals surface area contributed by atoms with E-state index >= 15 is 0 Å². The Balaban J connectivity index is 1.70. The molecule has 0 spiro atoms. The smallest absolute Gasteiger partial charge is 0.371 e. The molecule has 0 atom stereocenters. The van der Waals surface area contributed by atoms with Gasteiger partial charge >= 0.3 is 5.97 Å². The highest BCUT2D eigenvalue weighted by Gasteiger charge is 2.19. The molecule has 6 heteroatoms. The second-order valence-corrected chi connectivity index (χ2v) is 4.92. The van der Waals surface area contributed by atoms with Gasteiger partial charge in [-0.25, -0.2) is 14.8 Å². The third-order valence-electron chi connectivity index (χ3n) is 3.39. The fourth-order valence-electron chi connectivity index (χ4n) is 2.41. The van der Waals surface area contributed by atoms with Crippen LogP contribution >= 0.6 is 0 Å². The lowest BCUT2D eigenvalue weighted by molar-refractivity contribution is 0.0658. The van der Waals surface area contributed by atoms with E-state index in [0.29, 0.717) is 12.3 Å². The Hall–Kier alpha value is -2.21. The molecule has 104 valence electrons. The number of aromatic carboxylic acids is 1. The first-order valence-electron chi connectivity index (χ1n) is 6.47. The summed E-state index contributed by atoms with van der Waals surface area (Å²) >= 11 is 0. The number of hydrogen-bond acceptors (Lipinski definition) is 5. The summed E-state index contributed by atoms with van der Waals surface area (Å²) in [5.74, 6) is 0.411. The van der Waals surface area contributed by atoms with Gasteiger partial charge in [-0.2, -0.15) is 0 Å². The number of fused-ring (bicyclic) bond motifs is 1. The Morgan fingerprint density at radius 2 is 2.35 bits per heavy atom. The standard InChI is InChI=1S/C14H15N3O3/c1-9-15-6-10-7-17(5-4-12(10)16-9)8-11-2-3-13(20-11)14(18)19/h2-3,6H,4-5,7-8H2,1H3,(H,18,19). The van der Waals surface area contributed by atoms with Gasteiger partial charge in [0.2, 0.25) is 5.76 Å². The van der Waals surface area contributed by atoms with Gasteiger partial charge in [-0.1, -0.05) is 0 Å². The molecular formula is C14H15N3O3. The average molecular weight is 273 g/mol. The van der Waals surface area contributed by atoms with E-state index in [2.05, 4.69) is 14.9 Å². The van der Waals surface area contributed by atoms with Crippen LogP contribution in [-0.4, -0.2) is 32.5 Å². The molecule has 1 N–H and O–H groups in total. The monoisotopic (exact) mass is 273 g/mol. The molecule has 0 bridgehead atoms. The van der Waals surface area contributed by atoms with E-state index in [9.17, 15) is 4.79 Å². The van der Waals surface area contributed by atoms with Gasteiger partial charge in [-0.15, -0.1) is 0 Å². The van der Waals surface area contributed by atoms with Crippen LogP contribution in [0.25, 0.3) is 0 Å². The van der Waals surface area contributed by atoms with Crippen molar-refractivity contribution in [2.45, 2.75) is 26.4 Å². The van der Waals surface area contributed by atoms with E-state index in [-0.39, 0.29) is 5.76 Å². The highest BCUT2D eigenvalue weighted by molar-refractivity contribution is 5.84. The van der Waals surface area contributed by atoms with Gasteiger partial charge in [-0.05, 0) is 19.1 Å². The molecule has 2 aromatic rings. The maximum Gasteiger partial charge on any atom is 0.371 e. The highest BCUT2D eigenvalue weighted by atomic mass is 16.4. The number of carboxylic acid groups (broad SMARTS) is 1. The number of aromatic nitrogens is 2. The summed E-state index contributed by atoms with van der Waals surface area (Å²) in [7, 11) is 0. The van der Waals surface area contributed by atoms with Crippen LogP contribution in [0.2, 0.25) is 0 Å². The molecule has 6 nitrogen and oxygen atoms in total. The van der Waals surface area contributed by atoms with Crippen LogP contribution in [0.15, 0.2) is 22.7 Å². The molecule has 0 saturated heterocycles. The molecule has 0 fully saturated rings. The van der Waals surface area contributed by atoms with Crippen molar-refractivity contribution in [3.8, 4) is 0 Å². The summed E-state index contributed by atoms with van der Waals surface area (Å²) < 4.78 is 5.28. The van der Waals surface area contributed by atoms with E-state index in [1.807, 2.05) is 13.1 Å². The van der Waals surface area contributed by atoms with Crippen molar-refractivity contribution in [3.05, 3.63) is 46.9 Å². The third-order valence-corrected chi connectivity index (χ3v) is 3.39. The summed E-state index contributed by atoms with van der Waals surface area (Å²) in [6.45, 7) is 4.13. The van der Waals surface area contributed by atoms with Gasteiger partial charge in [0.15, 0.2) is 0 Å². The number of rotatable bonds is 3. The molecule has 1 aliphatic rings. The average Bonchev–Trinajstić information content (AvgIpc) is 2.88. The van der Waals surface area contributed by atoms with Gasteiger partial charge in [0.25, 0.3) is 0 Å². The number of furan rings is 1. The lowest BCUT2D eigenvalue weighted by Gasteiger charge is -2.27. The molecule has 3 heterocycles. The van der Waals surface area contributed by atoms with Crippen molar-refractivity contribution in [2.75, 3.05) is 6.54 Å². The van der Waals surface area contributed by atoms with Crippen molar-refractivity contribution >= 4 is 5.97 Å². The van der Waals surface area contributed by atoms with E-state index < -0.39 is 5.97 Å². The largest absolute Gasteiger partial charge is 0.475 e. The van der Waals surface area contributed by atoms with Gasteiger partial charge in [0.05, 0.1) is 6.54 Å². The van der Waals surface area contributed by atoms with E-state index in [0.717, 1.165) is 36.6 Å². The summed E-state index contributed by atoms with van der Waals surface area (Å²) in [6.07, 6.45) is 2.75. The topological polar surface area (TPSA) is 79.5 Å². The van der Waals surface area contributed by atoms with Crippen LogP contribution in [0.5, 0.6) is 0 Å². The van der Waals surface area contributed by atoms with Crippen LogP contribution in [0, 0.1) is 6.92 Å². The Bertz CT molecular complexity index is 651. The zero-order valence-corrected chi connectivity index (χ0v) is 11.2. The van der Waals surface area contributed by atoms with Gasteiger partial charge < -0.3 is 9.52 Å². The van der Waals surface area contributed by atoms with Crippen molar-refractivity contribution < 1.29 is 14.3 Å². The quantitative estimate of drug-likeness (QED) is 0.915. The lowest BCUT2D eigenvalue weighted by Crippen LogP contribution is -2.30. The normalized spacial score (nSPS) is 15.1. The Kier molecular flexibility index (Phi) is 3.23. The lowest BCUT2D eigenvalue weighted by atomic mass is 10.1. The predicted molar refractivity (Wildman–Crippen MR) is 70.3 cm³/mol. The highest BCUT2D eigenvalue weighted by Crippen LogP contribution is 2.19. The molecular weight excluding hydrogens is 258 g/mol. The molecule has 0 radical (unpaired) electrons. The Morgan fingerprint density at radius 1 is 1.50 bits per heavy atom. The van der Waals surface area contributed by atoms with E-state index in [1.165, 1.54) is 6.07 Å². The molecule has 0 aliphatic carbocycles. The van der Waals surface area contributed by atoms with Crippen molar-refractivity contribution in [1.29, 1.82) is 0 Å². The van der Waals surface area contributed by atoms with Crippen LogP contribution in [0.4, 0.5) is 0 Å². The number of carbonyl (C=O) groups is 1. The molecule has 3 rings (SSSR count). The summed E-state index contributed by atoms with van der Waals surface area (Å²) in [6, 6.07) is 3.20. The SMILES string of the molecule is Cc1ncc2c(n1)CCN(Cc1ccc(C(=O)O)o1)C2. The maximum atomic E-state index is 10.8. The maximum absolute atomic E-state index is 10.8.